The van der Waals surface area contributed by atoms with Crippen LogP contribution in [0.2, 0.25) is 0 Å². The normalized spacial score (nSPS) is 12.2. The molecule has 17 rings (SSSR count). The third-order valence-corrected chi connectivity index (χ3v) is 17.3. The van der Waals surface area contributed by atoms with E-state index in [1.165, 1.54) is 0 Å². The molecule has 0 saturated heterocycles. The monoisotopic (exact) mass is 1090 g/mol. The number of furan rings is 3. The van der Waals surface area contributed by atoms with Crippen molar-refractivity contribution in [1.29, 1.82) is 0 Å². The van der Waals surface area contributed by atoms with Gasteiger partial charge >= 0.3 is 0 Å². The van der Waals surface area contributed by atoms with Gasteiger partial charge in [-0.15, -0.1) is 0 Å². The van der Waals surface area contributed by atoms with E-state index in [-0.39, 0.29) is 5.92 Å². The highest BCUT2D eigenvalue weighted by Crippen LogP contribution is 2.52. The maximum absolute atomic E-state index is 7.44. The van der Waals surface area contributed by atoms with Gasteiger partial charge in [-0.05, 0) is 116 Å². The maximum atomic E-state index is 7.44. The first-order valence-corrected chi connectivity index (χ1v) is 29.1. The minimum atomic E-state index is -0.311. The van der Waals surface area contributed by atoms with Crippen LogP contribution >= 0.6 is 0 Å². The van der Waals surface area contributed by atoms with Crippen LogP contribution in [0.3, 0.4) is 0 Å². The Kier molecular flexibility index (Phi) is 11.3. The van der Waals surface area contributed by atoms with E-state index in [4.69, 9.17) is 13.3 Å². The fourth-order valence-electron chi connectivity index (χ4n) is 13.4. The Bertz CT molecular complexity index is 4970. The average molecular weight is 1090 g/mol. The van der Waals surface area contributed by atoms with Gasteiger partial charge in [0.1, 0.15) is 27.9 Å². The molecule has 0 bridgehead atoms. The number of fused-ring (bicyclic) bond motifs is 13. The van der Waals surface area contributed by atoms with E-state index in [1.54, 1.807) is 0 Å². The van der Waals surface area contributed by atoms with E-state index >= 15 is 0 Å². The van der Waals surface area contributed by atoms with Gasteiger partial charge in [-0.25, -0.2) is 0 Å². The topological polar surface area (TPSA) is 42.7 Å². The van der Waals surface area contributed by atoms with Gasteiger partial charge in [-0.2, -0.15) is 0 Å². The summed E-state index contributed by atoms with van der Waals surface area (Å²) < 4.78 is 21.5. The number of anilines is 3. The summed E-state index contributed by atoms with van der Waals surface area (Å²) in [5, 5.41) is 10.5. The van der Waals surface area contributed by atoms with Crippen LogP contribution in [-0.4, -0.2) is 0 Å². The first kappa shape index (κ1) is 48.5. The summed E-state index contributed by atoms with van der Waals surface area (Å²) in [6.07, 6.45) is 0. The first-order valence-electron chi connectivity index (χ1n) is 29.1. The smallest absolute Gasteiger partial charge is 0.159 e. The van der Waals surface area contributed by atoms with Crippen molar-refractivity contribution in [2.75, 3.05) is 4.90 Å². The second-order valence-corrected chi connectivity index (χ2v) is 22.2. The molecule has 85 heavy (non-hydrogen) atoms. The molecule has 3 aromatic heterocycles. The van der Waals surface area contributed by atoms with Crippen molar-refractivity contribution in [3.8, 4) is 44.5 Å². The fraction of sp³-hybridized carbons (Fsp3) is 0.0123. The van der Waals surface area contributed by atoms with Crippen LogP contribution in [0.4, 0.5) is 17.1 Å². The van der Waals surface area contributed by atoms with Crippen LogP contribution in [0.1, 0.15) is 22.6 Å². The van der Waals surface area contributed by atoms with Crippen molar-refractivity contribution in [3.63, 3.8) is 0 Å². The van der Waals surface area contributed by atoms with Crippen LogP contribution in [-0.2, 0) is 0 Å². The number of para-hydroxylation sites is 4. The predicted octanol–water partition coefficient (Wildman–Crippen LogP) is 23.0. The quantitative estimate of drug-likeness (QED) is 0.128. The number of rotatable bonds is 10. The van der Waals surface area contributed by atoms with Crippen molar-refractivity contribution in [2.45, 2.75) is 5.92 Å². The van der Waals surface area contributed by atoms with Crippen LogP contribution < -0.4 is 4.90 Å². The van der Waals surface area contributed by atoms with Gasteiger partial charge in [0, 0.05) is 65.6 Å². The van der Waals surface area contributed by atoms with Gasteiger partial charge in [0.15, 0.2) is 5.58 Å². The Morgan fingerprint density at radius 2 is 0.624 bits per heavy atom. The summed E-state index contributed by atoms with van der Waals surface area (Å²) in [6, 6.07) is 109. The highest BCUT2D eigenvalue weighted by atomic mass is 16.3. The molecule has 398 valence electrons. The van der Waals surface area contributed by atoms with Gasteiger partial charge in [0.2, 0.25) is 0 Å². The highest BCUT2D eigenvalue weighted by Gasteiger charge is 2.30. The van der Waals surface area contributed by atoms with Crippen LogP contribution in [0, 0.1) is 0 Å². The molecule has 0 aliphatic carbocycles. The van der Waals surface area contributed by atoms with Crippen molar-refractivity contribution in [2.24, 2.45) is 0 Å². The van der Waals surface area contributed by atoms with E-state index < -0.39 is 0 Å². The zero-order valence-corrected chi connectivity index (χ0v) is 46.1. The van der Waals surface area contributed by atoms with E-state index in [0.717, 1.165) is 166 Å². The minimum Gasteiger partial charge on any atom is -0.456 e. The molecule has 0 amide bonds. The Labute approximate surface area is 490 Å². The Balaban J connectivity index is 0.986. The molecule has 4 nitrogen and oxygen atoms in total. The summed E-state index contributed by atoms with van der Waals surface area (Å²) >= 11 is 0. The predicted molar refractivity (Wildman–Crippen MR) is 354 cm³/mol. The Morgan fingerprint density at radius 1 is 0.224 bits per heavy atom. The molecule has 0 fully saturated rings. The summed E-state index contributed by atoms with van der Waals surface area (Å²) in [6.45, 7) is 0. The van der Waals surface area contributed by atoms with Crippen LogP contribution in [0.25, 0.3) is 132 Å². The lowest BCUT2D eigenvalue weighted by atomic mass is 9.79. The molecule has 3 heterocycles. The minimum absolute atomic E-state index is 0.311. The molecule has 1 atom stereocenters. The molecule has 0 aliphatic heterocycles. The van der Waals surface area contributed by atoms with Crippen molar-refractivity contribution < 1.29 is 13.3 Å². The molecule has 14 aromatic carbocycles. The lowest BCUT2D eigenvalue weighted by molar-refractivity contribution is 0.661. The van der Waals surface area contributed by atoms with Gasteiger partial charge in [-0.1, -0.05) is 249 Å². The first-order chi connectivity index (χ1) is 42.1. The second-order valence-electron chi connectivity index (χ2n) is 22.2. The number of hydrogen-bond donors (Lipinski definition) is 0. The van der Waals surface area contributed by atoms with E-state index in [9.17, 15) is 0 Å². The summed E-state index contributed by atoms with van der Waals surface area (Å²) in [7, 11) is 0. The van der Waals surface area contributed by atoms with Gasteiger partial charge in [0.05, 0.1) is 11.4 Å². The third kappa shape index (κ3) is 8.06. The molecular weight excluding hydrogens is 1030 g/mol. The summed E-state index contributed by atoms with van der Waals surface area (Å²) in [4.78, 5) is 2.43. The standard InChI is InChI=1S/C81H51NO3/c1-5-23-51(24-6-1)55-43-56(52-25-7-2-8-26-52)46-59(45-55)77(69-39-21-37-67-63-33-17-19-41-75(63)83-78(67)69)70-49-71-72-50-74(62-32-14-16-36-66(62)80(72)85-79(71)65-35-15-13-31-61(65)70)82(73-40-22-38-68-64-34-18-20-42-76(64)84-81(68)73)60-47-57(53-27-9-3-10-28-53)44-58(48-60)54-29-11-4-12-30-54/h1-50,77H/t77-/m0/s1. The number of hydrogen-bond acceptors (Lipinski definition) is 4. The van der Waals surface area contributed by atoms with Crippen LogP contribution in [0.5, 0.6) is 0 Å². The van der Waals surface area contributed by atoms with Gasteiger partial charge in [-0.3, -0.25) is 0 Å². The van der Waals surface area contributed by atoms with E-state index in [0.29, 0.717) is 0 Å². The summed E-state index contributed by atoms with van der Waals surface area (Å²) in [5.74, 6) is -0.311. The molecule has 0 saturated carbocycles. The molecule has 4 heteroatoms. The molecule has 0 radical (unpaired) electrons. The van der Waals surface area contributed by atoms with Crippen LogP contribution in [0.15, 0.2) is 317 Å². The van der Waals surface area contributed by atoms with E-state index in [2.05, 4.69) is 302 Å². The molecule has 0 N–H and O–H groups in total. The van der Waals surface area contributed by atoms with Gasteiger partial charge < -0.3 is 18.2 Å². The Hall–Kier alpha value is -11.2. The van der Waals surface area contributed by atoms with Crippen molar-refractivity contribution in [3.05, 3.63) is 320 Å². The fourth-order valence-corrected chi connectivity index (χ4v) is 13.4. The van der Waals surface area contributed by atoms with Gasteiger partial charge in [0.25, 0.3) is 0 Å². The molecule has 0 aliphatic rings. The summed E-state index contributed by atoms with van der Waals surface area (Å²) in [5.41, 5.74) is 20.4. The lowest BCUT2D eigenvalue weighted by Crippen LogP contribution is -2.11. The largest absolute Gasteiger partial charge is 0.456 e. The number of nitrogens with zero attached hydrogens (tertiary/aromatic N) is 1. The second kappa shape index (κ2) is 19.8. The molecule has 0 unspecified atom stereocenters. The lowest BCUT2D eigenvalue weighted by Gasteiger charge is -2.28. The third-order valence-electron chi connectivity index (χ3n) is 17.3. The van der Waals surface area contributed by atoms with E-state index in [1.807, 2.05) is 6.07 Å². The van der Waals surface area contributed by atoms with Crippen molar-refractivity contribution in [1.82, 2.24) is 0 Å². The molecule has 17 aromatic rings. The number of benzene rings is 14. The molecule has 0 spiro atoms. The zero-order chi connectivity index (χ0) is 56.0. The highest BCUT2D eigenvalue weighted by molar-refractivity contribution is 6.24. The molecular formula is C81H51NO3. The SMILES string of the molecule is c1ccc(-c2cc(-c3ccccc3)cc([C@H](c3cc4c5cc(N(c6cc(-c7ccccc7)cc(-c7ccccc7)c6)c6cccc7c6oc6ccccc67)c6ccccc6c5oc4c4ccccc34)c3cccc4c3oc3ccccc34)c2)cc1. The maximum Gasteiger partial charge on any atom is 0.159 e. The Morgan fingerprint density at radius 3 is 1.18 bits per heavy atom. The van der Waals surface area contributed by atoms with Crippen molar-refractivity contribution >= 4 is 104 Å². The average Bonchev–Trinajstić information content (AvgIpc) is 1.88. The zero-order valence-electron chi connectivity index (χ0n) is 46.1.